The highest BCUT2D eigenvalue weighted by Gasteiger charge is 2.33. The SMILES string of the molecule is [O-][N+]1([C@@H]2CCNC2)CCCC1. The molecule has 0 aromatic heterocycles. The van der Waals surface area contributed by atoms with Crippen molar-refractivity contribution in [2.24, 2.45) is 0 Å². The van der Waals surface area contributed by atoms with Gasteiger partial charge in [-0.25, -0.2) is 0 Å². The van der Waals surface area contributed by atoms with Crippen molar-refractivity contribution in [3.63, 3.8) is 0 Å². The molecule has 0 amide bonds. The molecule has 2 aliphatic rings. The van der Waals surface area contributed by atoms with Crippen molar-refractivity contribution in [1.29, 1.82) is 0 Å². The van der Waals surface area contributed by atoms with Crippen molar-refractivity contribution >= 4 is 0 Å². The van der Waals surface area contributed by atoms with Crippen LogP contribution in [0, 0.1) is 5.21 Å². The van der Waals surface area contributed by atoms with Gasteiger partial charge in [-0.3, -0.25) is 0 Å². The van der Waals surface area contributed by atoms with E-state index in [1.54, 1.807) is 0 Å². The van der Waals surface area contributed by atoms with E-state index >= 15 is 0 Å². The van der Waals surface area contributed by atoms with Gasteiger partial charge in [0.15, 0.2) is 0 Å². The van der Waals surface area contributed by atoms with Gasteiger partial charge in [-0.05, 0) is 0 Å². The Morgan fingerprint density at radius 1 is 1.27 bits per heavy atom. The highest BCUT2D eigenvalue weighted by atomic mass is 16.5. The molecule has 64 valence electrons. The molecular formula is C8H16N2O. The van der Waals surface area contributed by atoms with Crippen LogP contribution in [0.4, 0.5) is 0 Å². The maximum Gasteiger partial charge on any atom is 0.103 e. The number of hydroxylamine groups is 3. The first-order chi connectivity index (χ1) is 5.31. The van der Waals surface area contributed by atoms with E-state index in [4.69, 9.17) is 0 Å². The smallest absolute Gasteiger partial charge is 0.103 e. The van der Waals surface area contributed by atoms with E-state index in [0.29, 0.717) is 6.04 Å². The zero-order valence-corrected chi connectivity index (χ0v) is 6.88. The van der Waals surface area contributed by atoms with E-state index in [-0.39, 0.29) is 4.65 Å². The molecule has 2 aliphatic heterocycles. The van der Waals surface area contributed by atoms with Gasteiger partial charge in [0, 0.05) is 32.4 Å². The molecule has 2 fully saturated rings. The van der Waals surface area contributed by atoms with Gasteiger partial charge in [-0.15, -0.1) is 0 Å². The van der Waals surface area contributed by atoms with Crippen LogP contribution in [-0.4, -0.2) is 36.9 Å². The summed E-state index contributed by atoms with van der Waals surface area (Å²) in [7, 11) is 0. The second-order valence-electron chi connectivity index (χ2n) is 3.75. The normalized spacial score (nSPS) is 36.3. The van der Waals surface area contributed by atoms with Crippen LogP contribution < -0.4 is 5.32 Å². The summed E-state index contributed by atoms with van der Waals surface area (Å²) in [6, 6.07) is 0.373. The Bertz CT molecular complexity index is 137. The summed E-state index contributed by atoms with van der Waals surface area (Å²) in [4.78, 5) is 0. The first-order valence-electron chi connectivity index (χ1n) is 4.60. The molecule has 0 aromatic carbocycles. The van der Waals surface area contributed by atoms with Crippen molar-refractivity contribution < 1.29 is 4.65 Å². The molecule has 0 spiro atoms. The number of hydrogen-bond donors (Lipinski definition) is 1. The molecule has 11 heavy (non-hydrogen) atoms. The molecule has 0 saturated carbocycles. The first-order valence-corrected chi connectivity index (χ1v) is 4.60. The molecule has 0 bridgehead atoms. The number of nitrogens with one attached hydrogen (secondary N) is 1. The lowest BCUT2D eigenvalue weighted by molar-refractivity contribution is -0.891. The Morgan fingerprint density at radius 2 is 2.00 bits per heavy atom. The summed E-state index contributed by atoms with van der Waals surface area (Å²) in [5.41, 5.74) is 0. The lowest BCUT2D eigenvalue weighted by Gasteiger charge is -2.43. The number of nitrogens with zero attached hydrogens (tertiary/aromatic N) is 1. The summed E-state index contributed by atoms with van der Waals surface area (Å²) < 4.78 is 0.104. The van der Waals surface area contributed by atoms with Crippen molar-refractivity contribution in [3.8, 4) is 0 Å². The molecule has 2 rings (SSSR count). The number of hydrogen-bond acceptors (Lipinski definition) is 2. The summed E-state index contributed by atoms with van der Waals surface area (Å²) in [6.45, 7) is 3.73. The number of quaternary nitrogens is 1. The third kappa shape index (κ3) is 1.28. The minimum absolute atomic E-state index is 0.104. The third-order valence-electron chi connectivity index (χ3n) is 3.02. The van der Waals surface area contributed by atoms with Crippen molar-refractivity contribution in [2.75, 3.05) is 26.2 Å². The van der Waals surface area contributed by atoms with Crippen LogP contribution in [0.5, 0.6) is 0 Å². The first kappa shape index (κ1) is 7.53. The standard InChI is InChI=1S/C8H16N2O/c11-10(5-1-2-6-10)8-3-4-9-7-8/h8-9H,1-7H2/t8-/m1/s1. The molecule has 2 heterocycles. The van der Waals surface area contributed by atoms with Gasteiger partial charge >= 0.3 is 0 Å². The van der Waals surface area contributed by atoms with Crippen molar-refractivity contribution in [2.45, 2.75) is 25.3 Å². The number of rotatable bonds is 1. The summed E-state index contributed by atoms with van der Waals surface area (Å²) in [5, 5.41) is 15.3. The van der Waals surface area contributed by atoms with Crippen LogP contribution in [0.2, 0.25) is 0 Å². The molecule has 0 aromatic rings. The average Bonchev–Trinajstić information content (AvgIpc) is 2.55. The van der Waals surface area contributed by atoms with Crippen LogP contribution in [0.15, 0.2) is 0 Å². The lowest BCUT2D eigenvalue weighted by Crippen LogP contribution is -2.49. The monoisotopic (exact) mass is 156 g/mol. The van der Waals surface area contributed by atoms with Crippen LogP contribution in [0.25, 0.3) is 0 Å². The molecule has 1 N–H and O–H groups in total. The molecule has 1 atom stereocenters. The van der Waals surface area contributed by atoms with Crippen molar-refractivity contribution in [1.82, 2.24) is 5.32 Å². The quantitative estimate of drug-likeness (QED) is 0.442. The Labute approximate surface area is 67.6 Å². The number of likely N-dealkylation sites (tertiary alicyclic amines) is 1. The maximum atomic E-state index is 12.0. The van der Waals surface area contributed by atoms with Crippen LogP contribution in [-0.2, 0) is 0 Å². The topological polar surface area (TPSA) is 35.1 Å². The summed E-state index contributed by atoms with van der Waals surface area (Å²) in [5.74, 6) is 0. The molecule has 3 heteroatoms. The molecule has 3 nitrogen and oxygen atoms in total. The Balaban J connectivity index is 2.00. The predicted molar refractivity (Wildman–Crippen MR) is 43.9 cm³/mol. The van der Waals surface area contributed by atoms with E-state index in [1.165, 1.54) is 0 Å². The summed E-state index contributed by atoms with van der Waals surface area (Å²) >= 11 is 0. The fourth-order valence-electron chi connectivity index (χ4n) is 2.28. The van der Waals surface area contributed by atoms with Gasteiger partial charge < -0.3 is 15.2 Å². The van der Waals surface area contributed by atoms with E-state index in [9.17, 15) is 5.21 Å². The largest absolute Gasteiger partial charge is 0.633 e. The summed E-state index contributed by atoms with van der Waals surface area (Å²) in [6.07, 6.45) is 3.36. The van der Waals surface area contributed by atoms with Crippen LogP contribution >= 0.6 is 0 Å². The highest BCUT2D eigenvalue weighted by Crippen LogP contribution is 2.24. The van der Waals surface area contributed by atoms with Gasteiger partial charge in [0.05, 0.1) is 13.1 Å². The Hall–Kier alpha value is -0.120. The maximum absolute atomic E-state index is 12.0. The fourth-order valence-corrected chi connectivity index (χ4v) is 2.28. The Kier molecular flexibility index (Phi) is 1.87. The van der Waals surface area contributed by atoms with Gasteiger partial charge in [0.1, 0.15) is 6.04 Å². The minimum atomic E-state index is 0.104. The fraction of sp³-hybridized carbons (Fsp3) is 1.00. The van der Waals surface area contributed by atoms with E-state index < -0.39 is 0 Å². The molecule has 2 saturated heterocycles. The van der Waals surface area contributed by atoms with Gasteiger partial charge in [0.25, 0.3) is 0 Å². The molecular weight excluding hydrogens is 140 g/mol. The van der Waals surface area contributed by atoms with Crippen molar-refractivity contribution in [3.05, 3.63) is 5.21 Å². The molecule has 0 unspecified atom stereocenters. The predicted octanol–water partition coefficient (Wildman–Crippen LogP) is 0.457. The second-order valence-corrected chi connectivity index (χ2v) is 3.75. The zero-order valence-electron chi connectivity index (χ0n) is 6.88. The lowest BCUT2D eigenvalue weighted by atomic mass is 10.2. The van der Waals surface area contributed by atoms with E-state index in [2.05, 4.69) is 5.32 Å². The van der Waals surface area contributed by atoms with Crippen LogP contribution in [0.3, 0.4) is 0 Å². The van der Waals surface area contributed by atoms with E-state index in [1.807, 2.05) is 0 Å². The van der Waals surface area contributed by atoms with Gasteiger partial charge in [-0.1, -0.05) is 0 Å². The van der Waals surface area contributed by atoms with E-state index in [0.717, 1.165) is 45.4 Å². The zero-order chi connectivity index (χ0) is 7.73. The molecule has 0 radical (unpaired) electrons. The second kappa shape index (κ2) is 2.73. The highest BCUT2D eigenvalue weighted by molar-refractivity contribution is 4.75. The Morgan fingerprint density at radius 3 is 2.55 bits per heavy atom. The van der Waals surface area contributed by atoms with Crippen LogP contribution in [0.1, 0.15) is 19.3 Å². The minimum Gasteiger partial charge on any atom is -0.633 e. The van der Waals surface area contributed by atoms with Gasteiger partial charge in [-0.2, -0.15) is 0 Å². The van der Waals surface area contributed by atoms with Gasteiger partial charge in [0.2, 0.25) is 0 Å². The average molecular weight is 156 g/mol. The third-order valence-corrected chi connectivity index (χ3v) is 3.02. The molecule has 0 aliphatic carbocycles.